The Bertz CT molecular complexity index is 3170. The van der Waals surface area contributed by atoms with Crippen LogP contribution in [0.25, 0.3) is 110 Å². The van der Waals surface area contributed by atoms with Gasteiger partial charge in [-0.2, -0.15) is 0 Å². The lowest BCUT2D eigenvalue weighted by molar-refractivity contribution is 0.669. The lowest BCUT2D eigenvalue weighted by Gasteiger charge is -2.21. The molecule has 0 N–H and O–H groups in total. The Hall–Kier alpha value is -6.96. The summed E-state index contributed by atoms with van der Waals surface area (Å²) in [4.78, 5) is 0. The van der Waals surface area contributed by atoms with E-state index in [4.69, 9.17) is 4.42 Å². The first kappa shape index (κ1) is 29.7. The molecule has 0 amide bonds. The van der Waals surface area contributed by atoms with Crippen LogP contribution < -0.4 is 0 Å². The number of furan rings is 1. The normalized spacial score (nSPS) is 11.8. The van der Waals surface area contributed by atoms with Gasteiger partial charge in [-0.3, -0.25) is 0 Å². The van der Waals surface area contributed by atoms with Crippen LogP contribution in [0.5, 0.6) is 0 Å². The van der Waals surface area contributed by atoms with E-state index in [1.807, 2.05) is 12.1 Å². The zero-order chi connectivity index (χ0) is 34.9. The smallest absolute Gasteiger partial charge is 0.135 e. The molecule has 0 aliphatic heterocycles. The first-order chi connectivity index (χ1) is 26.3. The largest absolute Gasteiger partial charge is 0.456 e. The average Bonchev–Trinajstić information content (AvgIpc) is 3.60. The summed E-state index contributed by atoms with van der Waals surface area (Å²) in [6.45, 7) is 0. The van der Waals surface area contributed by atoms with Gasteiger partial charge in [-0.15, -0.1) is 0 Å². The molecule has 0 bridgehead atoms. The minimum absolute atomic E-state index is 0.909. The number of rotatable bonds is 4. The van der Waals surface area contributed by atoms with Gasteiger partial charge in [0, 0.05) is 10.8 Å². The van der Waals surface area contributed by atoms with Crippen LogP contribution in [0.4, 0.5) is 0 Å². The summed E-state index contributed by atoms with van der Waals surface area (Å²) >= 11 is 0. The van der Waals surface area contributed by atoms with Crippen LogP contribution >= 0.6 is 0 Å². The van der Waals surface area contributed by atoms with Gasteiger partial charge in [-0.05, 0) is 118 Å². The Morgan fingerprint density at radius 1 is 0.245 bits per heavy atom. The highest BCUT2D eigenvalue weighted by atomic mass is 16.3. The van der Waals surface area contributed by atoms with Gasteiger partial charge in [-0.25, -0.2) is 0 Å². The van der Waals surface area contributed by atoms with Crippen molar-refractivity contribution in [1.29, 1.82) is 0 Å². The van der Waals surface area contributed by atoms with Gasteiger partial charge < -0.3 is 4.42 Å². The van der Waals surface area contributed by atoms with E-state index < -0.39 is 0 Å². The molecular formula is C52H32O. The van der Waals surface area contributed by atoms with E-state index in [0.717, 1.165) is 21.9 Å². The fourth-order valence-electron chi connectivity index (χ4n) is 8.71. The molecular weight excluding hydrogens is 641 g/mol. The third kappa shape index (κ3) is 4.64. The molecule has 0 atom stereocenters. The quantitative estimate of drug-likeness (QED) is 0.170. The lowest BCUT2D eigenvalue weighted by Crippen LogP contribution is -1.93. The molecule has 53 heavy (non-hydrogen) atoms. The fraction of sp³-hybridized carbons (Fsp3) is 0. The van der Waals surface area contributed by atoms with Crippen molar-refractivity contribution in [2.45, 2.75) is 0 Å². The minimum atomic E-state index is 0.909. The molecule has 11 rings (SSSR count). The maximum Gasteiger partial charge on any atom is 0.135 e. The van der Waals surface area contributed by atoms with Crippen LogP contribution in [0.2, 0.25) is 0 Å². The molecule has 1 heteroatoms. The Morgan fingerprint density at radius 2 is 0.755 bits per heavy atom. The van der Waals surface area contributed by atoms with Crippen molar-refractivity contribution >= 4 is 65.0 Å². The van der Waals surface area contributed by atoms with Crippen LogP contribution in [0.1, 0.15) is 0 Å². The van der Waals surface area contributed by atoms with Crippen molar-refractivity contribution in [1.82, 2.24) is 0 Å². The molecule has 0 aliphatic rings. The molecule has 0 saturated carbocycles. The second-order valence-corrected chi connectivity index (χ2v) is 14.0. The molecule has 0 aliphatic carbocycles. The van der Waals surface area contributed by atoms with Crippen molar-refractivity contribution < 1.29 is 4.42 Å². The van der Waals surface area contributed by atoms with E-state index in [9.17, 15) is 0 Å². The highest BCUT2D eigenvalue weighted by Crippen LogP contribution is 2.48. The second-order valence-electron chi connectivity index (χ2n) is 14.0. The zero-order valence-electron chi connectivity index (χ0n) is 28.9. The highest BCUT2D eigenvalue weighted by molar-refractivity contribution is 6.23. The topological polar surface area (TPSA) is 13.1 Å². The van der Waals surface area contributed by atoms with E-state index in [2.05, 4.69) is 182 Å². The monoisotopic (exact) mass is 672 g/mol. The van der Waals surface area contributed by atoms with E-state index >= 15 is 0 Å². The summed E-state index contributed by atoms with van der Waals surface area (Å²) in [5, 5.41) is 12.2. The van der Waals surface area contributed by atoms with E-state index in [1.54, 1.807) is 0 Å². The summed E-state index contributed by atoms with van der Waals surface area (Å²) < 4.78 is 6.23. The Kier molecular flexibility index (Phi) is 6.62. The average molecular weight is 673 g/mol. The molecule has 1 heterocycles. The van der Waals surface area contributed by atoms with Crippen molar-refractivity contribution in [3.8, 4) is 44.5 Å². The summed E-state index contributed by atoms with van der Waals surface area (Å²) in [6, 6.07) is 70.7. The predicted molar refractivity (Wildman–Crippen MR) is 225 cm³/mol. The zero-order valence-corrected chi connectivity index (χ0v) is 28.9. The third-order valence-corrected chi connectivity index (χ3v) is 11.0. The van der Waals surface area contributed by atoms with Gasteiger partial charge >= 0.3 is 0 Å². The molecule has 0 radical (unpaired) electrons. The maximum atomic E-state index is 6.23. The van der Waals surface area contributed by atoms with Crippen LogP contribution in [-0.2, 0) is 0 Å². The number of hydrogen-bond donors (Lipinski definition) is 0. The lowest BCUT2D eigenvalue weighted by atomic mass is 9.82. The SMILES string of the molecule is c1ccc(-c2c3ccccc3c(-c3cc(-c4ccc5oc6ccccc6c5c4)c4ccccc4c3)c3ccccc23)c(-c2cccc3ccccc23)c1. The predicted octanol–water partition coefficient (Wildman–Crippen LogP) is 14.9. The van der Waals surface area contributed by atoms with Crippen molar-refractivity contribution in [2.24, 2.45) is 0 Å². The van der Waals surface area contributed by atoms with Gasteiger partial charge in [0.1, 0.15) is 11.2 Å². The minimum Gasteiger partial charge on any atom is -0.456 e. The molecule has 11 aromatic rings. The maximum absolute atomic E-state index is 6.23. The van der Waals surface area contributed by atoms with Gasteiger partial charge in [0.05, 0.1) is 0 Å². The number of fused-ring (bicyclic) bond motifs is 7. The molecule has 0 spiro atoms. The van der Waals surface area contributed by atoms with Crippen molar-refractivity contribution in [3.63, 3.8) is 0 Å². The van der Waals surface area contributed by atoms with Gasteiger partial charge in [0.25, 0.3) is 0 Å². The van der Waals surface area contributed by atoms with E-state index in [-0.39, 0.29) is 0 Å². The number of hydrogen-bond acceptors (Lipinski definition) is 1. The standard InChI is InChI=1S/C52H32O/c1-3-17-37-33(14-1)16-13-26-39(37)40-19-5-6-21-42(40)52-45-24-9-7-22-43(45)51(44-23-8-10-25-46(44)52)36-30-34-15-2-4-18-38(34)47(32-36)35-28-29-50-48(31-35)41-20-11-12-27-49(41)53-50/h1-32H. The Labute approximate surface area is 307 Å². The Balaban J connectivity index is 1.20. The first-order valence-electron chi connectivity index (χ1n) is 18.3. The second kappa shape index (κ2) is 11.8. The van der Waals surface area contributed by atoms with Crippen LogP contribution in [0.15, 0.2) is 199 Å². The van der Waals surface area contributed by atoms with Crippen LogP contribution in [0.3, 0.4) is 0 Å². The molecule has 1 aromatic heterocycles. The molecule has 246 valence electrons. The van der Waals surface area contributed by atoms with Gasteiger partial charge in [-0.1, -0.05) is 164 Å². The van der Waals surface area contributed by atoms with Crippen LogP contribution in [0, 0.1) is 0 Å². The van der Waals surface area contributed by atoms with Crippen molar-refractivity contribution in [2.75, 3.05) is 0 Å². The van der Waals surface area contributed by atoms with E-state index in [1.165, 1.54) is 87.6 Å². The van der Waals surface area contributed by atoms with E-state index in [0.29, 0.717) is 0 Å². The Morgan fingerprint density at radius 3 is 1.49 bits per heavy atom. The number of para-hydroxylation sites is 1. The molecule has 0 fully saturated rings. The molecule has 10 aromatic carbocycles. The summed E-state index contributed by atoms with van der Waals surface area (Å²) in [6.07, 6.45) is 0. The highest BCUT2D eigenvalue weighted by Gasteiger charge is 2.21. The molecule has 0 saturated heterocycles. The molecule has 0 unspecified atom stereocenters. The van der Waals surface area contributed by atoms with Gasteiger partial charge in [0.2, 0.25) is 0 Å². The van der Waals surface area contributed by atoms with Crippen LogP contribution in [-0.4, -0.2) is 0 Å². The fourth-order valence-corrected chi connectivity index (χ4v) is 8.71. The van der Waals surface area contributed by atoms with Gasteiger partial charge in [0.15, 0.2) is 0 Å². The summed E-state index contributed by atoms with van der Waals surface area (Å²) in [5.74, 6) is 0. The molecule has 1 nitrogen and oxygen atoms in total. The first-order valence-corrected chi connectivity index (χ1v) is 18.3. The summed E-state index contributed by atoms with van der Waals surface area (Å²) in [5.41, 5.74) is 11.7. The third-order valence-electron chi connectivity index (χ3n) is 11.0. The number of benzene rings is 10. The van der Waals surface area contributed by atoms with Crippen molar-refractivity contribution in [3.05, 3.63) is 194 Å². The summed E-state index contributed by atoms with van der Waals surface area (Å²) in [7, 11) is 0.